The van der Waals surface area contributed by atoms with E-state index in [0.717, 1.165) is 5.56 Å². The van der Waals surface area contributed by atoms with E-state index in [1.54, 1.807) is 17.0 Å². The van der Waals surface area contributed by atoms with Crippen LogP contribution in [0, 0.1) is 18.7 Å². The second-order valence-corrected chi connectivity index (χ2v) is 6.80. The maximum absolute atomic E-state index is 13.2. The first-order chi connectivity index (χ1) is 11.8. The summed E-state index contributed by atoms with van der Waals surface area (Å²) < 4.78 is 13.2. The molecule has 25 heavy (non-hydrogen) atoms. The molecule has 1 atom stereocenters. The molecule has 0 bridgehead atoms. The van der Waals surface area contributed by atoms with Gasteiger partial charge in [-0.1, -0.05) is 29.3 Å². The first-order valence-electron chi connectivity index (χ1n) is 7.67. The van der Waals surface area contributed by atoms with Gasteiger partial charge in [-0.25, -0.2) is 4.39 Å². The fraction of sp³-hybridized carbons (Fsp3) is 0.222. The summed E-state index contributed by atoms with van der Waals surface area (Å²) in [6.07, 6.45) is 0.104. The minimum Gasteiger partial charge on any atom is -0.326 e. The molecule has 1 aliphatic heterocycles. The Labute approximate surface area is 154 Å². The third-order valence-electron chi connectivity index (χ3n) is 4.14. The van der Waals surface area contributed by atoms with E-state index < -0.39 is 11.7 Å². The molecule has 1 unspecified atom stereocenters. The number of carbonyl (C=O) groups is 2. The van der Waals surface area contributed by atoms with E-state index in [0.29, 0.717) is 16.4 Å². The molecule has 2 aromatic rings. The summed E-state index contributed by atoms with van der Waals surface area (Å²) >= 11 is 11.7. The Hall–Kier alpha value is -2.11. The van der Waals surface area contributed by atoms with Gasteiger partial charge in [0.15, 0.2) is 0 Å². The smallest absolute Gasteiger partial charge is 0.229 e. The highest BCUT2D eigenvalue weighted by Gasteiger charge is 2.35. The van der Waals surface area contributed by atoms with Crippen LogP contribution in [0.4, 0.5) is 15.8 Å². The molecule has 0 aliphatic carbocycles. The molecule has 1 fully saturated rings. The van der Waals surface area contributed by atoms with Gasteiger partial charge >= 0.3 is 0 Å². The van der Waals surface area contributed by atoms with Crippen LogP contribution in [0.15, 0.2) is 36.4 Å². The number of nitrogens with zero attached hydrogens (tertiary/aromatic N) is 1. The van der Waals surface area contributed by atoms with Crippen molar-refractivity contribution < 1.29 is 14.0 Å². The molecule has 1 saturated heterocycles. The van der Waals surface area contributed by atoms with Gasteiger partial charge in [0.1, 0.15) is 5.82 Å². The van der Waals surface area contributed by atoms with E-state index in [2.05, 4.69) is 5.32 Å². The van der Waals surface area contributed by atoms with E-state index in [9.17, 15) is 14.0 Å². The zero-order chi connectivity index (χ0) is 18.1. The first-order valence-corrected chi connectivity index (χ1v) is 8.43. The predicted molar refractivity (Wildman–Crippen MR) is 96.7 cm³/mol. The largest absolute Gasteiger partial charge is 0.326 e. The highest BCUT2D eigenvalue weighted by molar-refractivity contribution is 6.31. The maximum atomic E-state index is 13.2. The first kappa shape index (κ1) is 17.7. The van der Waals surface area contributed by atoms with Crippen molar-refractivity contribution in [3.05, 3.63) is 57.8 Å². The SMILES string of the molecule is Cc1ccc(Cl)cc1N1CC(C(=O)Nc2ccc(F)c(Cl)c2)CC1=O. The van der Waals surface area contributed by atoms with Crippen LogP contribution in [0.25, 0.3) is 0 Å². The number of halogens is 3. The Kier molecular flexibility index (Phi) is 4.97. The number of aryl methyl sites for hydroxylation is 1. The fourth-order valence-corrected chi connectivity index (χ4v) is 3.15. The van der Waals surface area contributed by atoms with Gasteiger partial charge in [-0.3, -0.25) is 9.59 Å². The zero-order valence-corrected chi connectivity index (χ0v) is 14.9. The minimum atomic E-state index is -0.557. The predicted octanol–water partition coefficient (Wildman–Crippen LogP) is 4.43. The monoisotopic (exact) mass is 380 g/mol. The van der Waals surface area contributed by atoms with Crippen molar-refractivity contribution in [1.29, 1.82) is 0 Å². The zero-order valence-electron chi connectivity index (χ0n) is 13.4. The number of hydrogen-bond acceptors (Lipinski definition) is 2. The van der Waals surface area contributed by atoms with Gasteiger partial charge in [-0.05, 0) is 42.8 Å². The van der Waals surface area contributed by atoms with Crippen LogP contribution >= 0.6 is 23.2 Å². The summed E-state index contributed by atoms with van der Waals surface area (Å²) in [4.78, 5) is 26.3. The lowest BCUT2D eigenvalue weighted by Crippen LogP contribution is -2.28. The average molecular weight is 381 g/mol. The fourth-order valence-electron chi connectivity index (χ4n) is 2.81. The second kappa shape index (κ2) is 7.02. The highest BCUT2D eigenvalue weighted by atomic mass is 35.5. The van der Waals surface area contributed by atoms with Gasteiger partial charge in [0, 0.05) is 29.4 Å². The molecule has 0 aromatic heterocycles. The maximum Gasteiger partial charge on any atom is 0.229 e. The van der Waals surface area contributed by atoms with Crippen molar-refractivity contribution in [3.8, 4) is 0 Å². The van der Waals surface area contributed by atoms with Crippen molar-refractivity contribution in [1.82, 2.24) is 0 Å². The molecule has 3 rings (SSSR count). The Bertz CT molecular complexity index is 857. The highest BCUT2D eigenvalue weighted by Crippen LogP contribution is 2.31. The van der Waals surface area contributed by atoms with Crippen LogP contribution in [0.2, 0.25) is 10.0 Å². The van der Waals surface area contributed by atoms with Crippen molar-refractivity contribution in [2.24, 2.45) is 5.92 Å². The Balaban J connectivity index is 1.74. The normalized spacial score (nSPS) is 17.0. The van der Waals surface area contributed by atoms with Gasteiger partial charge in [0.2, 0.25) is 11.8 Å². The molecule has 0 radical (unpaired) electrons. The number of carbonyl (C=O) groups excluding carboxylic acids is 2. The Morgan fingerprint density at radius 1 is 1.24 bits per heavy atom. The number of nitrogens with one attached hydrogen (secondary N) is 1. The van der Waals surface area contributed by atoms with Crippen LogP contribution in [0.1, 0.15) is 12.0 Å². The number of hydrogen-bond donors (Lipinski definition) is 1. The molecule has 1 heterocycles. The van der Waals surface area contributed by atoms with Crippen molar-refractivity contribution in [2.45, 2.75) is 13.3 Å². The van der Waals surface area contributed by atoms with E-state index in [1.807, 2.05) is 13.0 Å². The molecule has 7 heteroatoms. The summed E-state index contributed by atoms with van der Waals surface area (Å²) in [6, 6.07) is 9.25. The Morgan fingerprint density at radius 2 is 2.00 bits per heavy atom. The molecule has 2 amide bonds. The van der Waals surface area contributed by atoms with Crippen LogP contribution < -0.4 is 10.2 Å². The third kappa shape index (κ3) is 3.78. The summed E-state index contributed by atoms with van der Waals surface area (Å²) in [5.41, 5.74) is 2.00. The molecule has 2 aromatic carbocycles. The lowest BCUT2D eigenvalue weighted by atomic mass is 10.1. The van der Waals surface area contributed by atoms with Crippen LogP contribution in [-0.2, 0) is 9.59 Å². The lowest BCUT2D eigenvalue weighted by molar-refractivity contribution is -0.122. The molecule has 1 aliphatic rings. The van der Waals surface area contributed by atoms with Crippen molar-refractivity contribution in [2.75, 3.05) is 16.8 Å². The van der Waals surface area contributed by atoms with Crippen LogP contribution in [-0.4, -0.2) is 18.4 Å². The van der Waals surface area contributed by atoms with Gasteiger partial charge in [-0.2, -0.15) is 0 Å². The number of benzene rings is 2. The standard InChI is InChI=1S/C18H15Cl2FN2O2/c1-10-2-3-12(19)7-16(10)23-9-11(6-17(23)24)18(25)22-13-4-5-15(21)14(20)8-13/h2-5,7-8,11H,6,9H2,1H3,(H,22,25). The van der Waals surface area contributed by atoms with E-state index in [4.69, 9.17) is 23.2 Å². The molecular formula is C18H15Cl2FN2O2. The summed E-state index contributed by atoms with van der Waals surface area (Å²) in [6.45, 7) is 2.15. The van der Waals surface area contributed by atoms with Crippen molar-refractivity contribution >= 4 is 46.4 Å². The molecule has 4 nitrogen and oxygen atoms in total. The molecule has 130 valence electrons. The van der Waals surface area contributed by atoms with Gasteiger partial charge in [0.05, 0.1) is 10.9 Å². The van der Waals surface area contributed by atoms with E-state index in [-0.39, 0.29) is 29.8 Å². The average Bonchev–Trinajstić information content (AvgIpc) is 2.95. The van der Waals surface area contributed by atoms with E-state index >= 15 is 0 Å². The minimum absolute atomic E-state index is 0.0727. The van der Waals surface area contributed by atoms with Crippen molar-refractivity contribution in [3.63, 3.8) is 0 Å². The van der Waals surface area contributed by atoms with E-state index in [1.165, 1.54) is 18.2 Å². The summed E-state index contributed by atoms with van der Waals surface area (Å²) in [5.74, 6) is -1.51. The molecule has 0 spiro atoms. The second-order valence-electron chi connectivity index (χ2n) is 5.95. The topological polar surface area (TPSA) is 49.4 Å². The molecular weight excluding hydrogens is 366 g/mol. The van der Waals surface area contributed by atoms with Crippen LogP contribution in [0.5, 0.6) is 0 Å². The lowest BCUT2D eigenvalue weighted by Gasteiger charge is -2.19. The number of anilines is 2. The van der Waals surface area contributed by atoms with Gasteiger partial charge in [-0.15, -0.1) is 0 Å². The third-order valence-corrected chi connectivity index (χ3v) is 4.67. The molecule has 0 saturated carbocycles. The van der Waals surface area contributed by atoms with Crippen LogP contribution in [0.3, 0.4) is 0 Å². The summed E-state index contributed by atoms with van der Waals surface area (Å²) in [7, 11) is 0. The number of rotatable bonds is 3. The quantitative estimate of drug-likeness (QED) is 0.855. The number of amides is 2. The van der Waals surface area contributed by atoms with Gasteiger partial charge < -0.3 is 10.2 Å². The van der Waals surface area contributed by atoms with Gasteiger partial charge in [0.25, 0.3) is 0 Å². The molecule has 1 N–H and O–H groups in total. The Morgan fingerprint density at radius 3 is 2.72 bits per heavy atom. The summed E-state index contributed by atoms with van der Waals surface area (Å²) in [5, 5.41) is 3.13.